The van der Waals surface area contributed by atoms with Crippen molar-refractivity contribution in [3.05, 3.63) is 70.2 Å². The average molecular weight is 298 g/mol. The highest BCUT2D eigenvalue weighted by atomic mass is 35.5. The Bertz CT molecular complexity index is 782. The number of para-hydroxylation sites is 1. The van der Waals surface area contributed by atoms with Crippen LogP contribution in [-0.2, 0) is 6.42 Å². The van der Waals surface area contributed by atoms with Crippen molar-refractivity contribution in [3.63, 3.8) is 0 Å². The maximum atomic E-state index is 5.92. The van der Waals surface area contributed by atoms with Crippen LogP contribution in [0.15, 0.2) is 48.5 Å². The molecule has 0 saturated heterocycles. The SMILES string of the molecule is Cc1cccc2cc(Cc3ccc(Cl)cc3)c(NN)nc12. The summed E-state index contributed by atoms with van der Waals surface area (Å²) < 4.78 is 0. The third-order valence-corrected chi connectivity index (χ3v) is 3.82. The smallest absolute Gasteiger partial charge is 0.144 e. The number of hydrogen-bond donors (Lipinski definition) is 2. The Kier molecular flexibility index (Phi) is 3.78. The highest BCUT2D eigenvalue weighted by molar-refractivity contribution is 6.30. The largest absolute Gasteiger partial charge is 0.308 e. The van der Waals surface area contributed by atoms with E-state index in [9.17, 15) is 0 Å². The predicted molar refractivity (Wildman–Crippen MR) is 88.5 cm³/mol. The number of halogens is 1. The van der Waals surface area contributed by atoms with Crippen LogP contribution in [0.3, 0.4) is 0 Å². The summed E-state index contributed by atoms with van der Waals surface area (Å²) in [7, 11) is 0. The fourth-order valence-electron chi connectivity index (χ4n) is 2.47. The Labute approximate surface area is 128 Å². The van der Waals surface area contributed by atoms with Gasteiger partial charge in [-0.25, -0.2) is 10.8 Å². The lowest BCUT2D eigenvalue weighted by molar-refractivity contribution is 1.14. The number of nitrogens with two attached hydrogens (primary N) is 1. The van der Waals surface area contributed by atoms with E-state index in [4.69, 9.17) is 17.4 Å². The van der Waals surface area contributed by atoms with Crippen molar-refractivity contribution in [1.82, 2.24) is 4.98 Å². The van der Waals surface area contributed by atoms with Gasteiger partial charge < -0.3 is 5.43 Å². The van der Waals surface area contributed by atoms with E-state index in [1.54, 1.807) is 0 Å². The number of fused-ring (bicyclic) bond motifs is 1. The molecule has 3 aromatic rings. The van der Waals surface area contributed by atoms with Gasteiger partial charge in [0.25, 0.3) is 0 Å². The Morgan fingerprint density at radius 3 is 2.62 bits per heavy atom. The molecule has 0 saturated carbocycles. The first-order valence-corrected chi connectivity index (χ1v) is 7.15. The molecular formula is C17H16ClN3. The van der Waals surface area contributed by atoms with E-state index in [-0.39, 0.29) is 0 Å². The first kappa shape index (κ1) is 13.9. The van der Waals surface area contributed by atoms with Gasteiger partial charge in [0.05, 0.1) is 5.52 Å². The predicted octanol–water partition coefficient (Wildman–Crippen LogP) is 4.07. The fourth-order valence-corrected chi connectivity index (χ4v) is 2.60. The van der Waals surface area contributed by atoms with Crippen LogP contribution in [0, 0.1) is 6.92 Å². The minimum atomic E-state index is 0.715. The third-order valence-electron chi connectivity index (χ3n) is 3.57. The number of nitrogens with zero attached hydrogens (tertiary/aromatic N) is 1. The molecule has 0 bridgehead atoms. The highest BCUT2D eigenvalue weighted by Gasteiger charge is 2.08. The van der Waals surface area contributed by atoms with E-state index >= 15 is 0 Å². The van der Waals surface area contributed by atoms with Gasteiger partial charge in [0.15, 0.2) is 0 Å². The highest BCUT2D eigenvalue weighted by Crippen LogP contribution is 2.25. The van der Waals surface area contributed by atoms with Crippen LogP contribution in [0.5, 0.6) is 0 Å². The molecule has 0 aliphatic rings. The quantitative estimate of drug-likeness (QED) is 0.566. The van der Waals surface area contributed by atoms with Gasteiger partial charge in [-0.2, -0.15) is 0 Å². The Balaban J connectivity index is 2.06. The third kappa shape index (κ3) is 2.84. The maximum Gasteiger partial charge on any atom is 0.144 e. The van der Waals surface area contributed by atoms with Gasteiger partial charge in [0, 0.05) is 22.4 Å². The first-order valence-electron chi connectivity index (χ1n) is 6.77. The summed E-state index contributed by atoms with van der Waals surface area (Å²) in [4.78, 5) is 4.64. The fraction of sp³-hybridized carbons (Fsp3) is 0.118. The lowest BCUT2D eigenvalue weighted by Gasteiger charge is -2.11. The number of anilines is 1. The van der Waals surface area contributed by atoms with Crippen molar-refractivity contribution in [2.24, 2.45) is 5.84 Å². The van der Waals surface area contributed by atoms with Crippen LogP contribution in [0.25, 0.3) is 10.9 Å². The van der Waals surface area contributed by atoms with Crippen LogP contribution < -0.4 is 11.3 Å². The van der Waals surface area contributed by atoms with Crippen molar-refractivity contribution in [3.8, 4) is 0 Å². The number of rotatable bonds is 3. The summed E-state index contributed by atoms with van der Waals surface area (Å²) in [5.74, 6) is 6.35. The lowest BCUT2D eigenvalue weighted by atomic mass is 10.0. The van der Waals surface area contributed by atoms with E-state index in [2.05, 4.69) is 35.5 Å². The topological polar surface area (TPSA) is 50.9 Å². The summed E-state index contributed by atoms with van der Waals surface area (Å²) in [6.45, 7) is 2.05. The zero-order valence-electron chi connectivity index (χ0n) is 11.7. The van der Waals surface area contributed by atoms with Crippen LogP contribution in [-0.4, -0.2) is 4.98 Å². The molecule has 106 valence electrons. The van der Waals surface area contributed by atoms with E-state index in [0.717, 1.165) is 33.5 Å². The molecule has 0 atom stereocenters. The summed E-state index contributed by atoms with van der Waals surface area (Å²) in [6.07, 6.45) is 0.758. The van der Waals surface area contributed by atoms with Crippen LogP contribution in [0.2, 0.25) is 5.02 Å². The Morgan fingerprint density at radius 1 is 1.14 bits per heavy atom. The molecule has 1 heterocycles. The van der Waals surface area contributed by atoms with E-state index < -0.39 is 0 Å². The second kappa shape index (κ2) is 5.72. The van der Waals surface area contributed by atoms with E-state index in [1.807, 2.05) is 30.3 Å². The van der Waals surface area contributed by atoms with E-state index in [0.29, 0.717) is 5.82 Å². The second-order valence-electron chi connectivity index (χ2n) is 5.09. The Morgan fingerprint density at radius 2 is 1.90 bits per heavy atom. The number of hydrazine groups is 1. The zero-order chi connectivity index (χ0) is 14.8. The van der Waals surface area contributed by atoms with Crippen molar-refractivity contribution < 1.29 is 0 Å². The van der Waals surface area contributed by atoms with Crippen molar-refractivity contribution in [2.45, 2.75) is 13.3 Å². The number of nitrogens with one attached hydrogen (secondary N) is 1. The second-order valence-corrected chi connectivity index (χ2v) is 5.53. The van der Waals surface area contributed by atoms with Gasteiger partial charge in [-0.15, -0.1) is 0 Å². The minimum absolute atomic E-state index is 0.715. The maximum absolute atomic E-state index is 5.92. The number of aromatic nitrogens is 1. The van der Waals surface area contributed by atoms with Crippen molar-refractivity contribution in [2.75, 3.05) is 5.43 Å². The number of benzene rings is 2. The summed E-state index contributed by atoms with van der Waals surface area (Å²) in [6, 6.07) is 16.1. The lowest BCUT2D eigenvalue weighted by Crippen LogP contribution is -2.11. The normalized spacial score (nSPS) is 10.8. The number of aryl methyl sites for hydroxylation is 1. The summed E-state index contributed by atoms with van der Waals surface area (Å²) in [5.41, 5.74) is 7.07. The molecule has 3 N–H and O–H groups in total. The number of hydrogen-bond acceptors (Lipinski definition) is 3. The molecule has 4 heteroatoms. The van der Waals surface area contributed by atoms with Gasteiger partial charge >= 0.3 is 0 Å². The molecule has 21 heavy (non-hydrogen) atoms. The van der Waals surface area contributed by atoms with Gasteiger partial charge in [-0.3, -0.25) is 0 Å². The Hall–Kier alpha value is -2.10. The van der Waals surface area contributed by atoms with Crippen LogP contribution in [0.4, 0.5) is 5.82 Å². The number of pyridine rings is 1. The molecule has 0 radical (unpaired) electrons. The monoisotopic (exact) mass is 297 g/mol. The molecule has 1 aromatic heterocycles. The molecule has 0 spiro atoms. The molecule has 0 aliphatic carbocycles. The van der Waals surface area contributed by atoms with Crippen LogP contribution in [0.1, 0.15) is 16.7 Å². The van der Waals surface area contributed by atoms with Gasteiger partial charge in [-0.05, 0) is 36.2 Å². The molecule has 0 unspecified atom stereocenters. The first-order chi connectivity index (χ1) is 10.2. The molecule has 3 nitrogen and oxygen atoms in total. The standard InChI is InChI=1S/C17H16ClN3/c1-11-3-2-4-13-10-14(17(21-19)20-16(11)13)9-12-5-7-15(18)8-6-12/h2-8,10H,9,19H2,1H3,(H,20,21). The zero-order valence-corrected chi connectivity index (χ0v) is 12.5. The van der Waals surface area contributed by atoms with Gasteiger partial charge in [0.2, 0.25) is 0 Å². The minimum Gasteiger partial charge on any atom is -0.308 e. The summed E-state index contributed by atoms with van der Waals surface area (Å²) in [5, 5.41) is 1.86. The van der Waals surface area contributed by atoms with Gasteiger partial charge in [0.1, 0.15) is 5.82 Å². The van der Waals surface area contributed by atoms with Crippen LogP contribution >= 0.6 is 11.6 Å². The molecule has 0 aliphatic heterocycles. The average Bonchev–Trinajstić information content (AvgIpc) is 2.49. The molecule has 0 fully saturated rings. The molecule has 3 rings (SSSR count). The van der Waals surface area contributed by atoms with E-state index in [1.165, 1.54) is 5.56 Å². The van der Waals surface area contributed by atoms with Crippen molar-refractivity contribution in [1.29, 1.82) is 0 Å². The number of nitrogen functional groups attached to an aromatic ring is 1. The summed E-state index contributed by atoms with van der Waals surface area (Å²) >= 11 is 5.92. The molecule has 2 aromatic carbocycles. The molecule has 0 amide bonds. The van der Waals surface area contributed by atoms with Gasteiger partial charge in [-0.1, -0.05) is 41.9 Å². The van der Waals surface area contributed by atoms with Crippen molar-refractivity contribution >= 4 is 28.3 Å². The molecular weight excluding hydrogens is 282 g/mol.